The number of nitrogens with zero attached hydrogens (tertiary/aromatic N) is 3. The molecule has 2 fully saturated rings. The second-order valence-electron chi connectivity index (χ2n) is 5.73. The molecule has 1 aromatic rings. The second kappa shape index (κ2) is 6.10. The second-order valence-corrected chi connectivity index (χ2v) is 5.73. The van der Waals surface area contributed by atoms with Gasteiger partial charge in [0.1, 0.15) is 5.82 Å². The molecule has 0 aromatic carbocycles. The van der Waals surface area contributed by atoms with Crippen LogP contribution in [0, 0.1) is 0 Å². The van der Waals surface area contributed by atoms with Gasteiger partial charge < -0.3 is 10.1 Å². The minimum Gasteiger partial charge on any atom is -0.376 e. The zero-order valence-corrected chi connectivity index (χ0v) is 12.2. The fraction of sp³-hybridized carbons (Fsp3) is 0.857. The van der Waals surface area contributed by atoms with Crippen molar-refractivity contribution in [1.82, 2.24) is 19.7 Å². The van der Waals surface area contributed by atoms with Crippen LogP contribution >= 0.6 is 0 Å². The lowest BCUT2D eigenvalue weighted by Gasteiger charge is -2.21. The van der Waals surface area contributed by atoms with Gasteiger partial charge in [-0.2, -0.15) is 5.10 Å². The van der Waals surface area contributed by atoms with Crippen LogP contribution in [0.25, 0.3) is 0 Å². The van der Waals surface area contributed by atoms with E-state index in [1.165, 1.54) is 0 Å². The Hall–Kier alpha value is -1.14. The van der Waals surface area contributed by atoms with E-state index in [1.807, 2.05) is 11.5 Å². The number of hydrogen-bond acceptors (Lipinski definition) is 4. The molecule has 1 N–H and O–H groups in total. The molecule has 2 aliphatic heterocycles. The molecule has 3 rings (SSSR count). The van der Waals surface area contributed by atoms with Crippen molar-refractivity contribution in [2.75, 3.05) is 19.7 Å². The highest BCUT2D eigenvalue weighted by Crippen LogP contribution is 2.23. The van der Waals surface area contributed by atoms with E-state index in [9.17, 15) is 4.79 Å². The van der Waals surface area contributed by atoms with Crippen molar-refractivity contribution in [2.45, 2.75) is 57.7 Å². The molecule has 1 atom stereocenters. The highest BCUT2D eigenvalue weighted by Gasteiger charge is 2.25. The quantitative estimate of drug-likeness (QED) is 0.882. The first-order chi connectivity index (χ1) is 9.79. The number of nitrogens with one attached hydrogen (secondary N) is 1. The van der Waals surface area contributed by atoms with Gasteiger partial charge in [-0.25, -0.2) is 9.48 Å². The van der Waals surface area contributed by atoms with E-state index in [-0.39, 0.29) is 11.8 Å². The molecule has 0 saturated carbocycles. The van der Waals surface area contributed by atoms with Gasteiger partial charge in [-0.3, -0.25) is 4.57 Å². The third kappa shape index (κ3) is 2.67. The Balaban J connectivity index is 1.83. The molecule has 1 aromatic heterocycles. The molecule has 20 heavy (non-hydrogen) atoms. The maximum atomic E-state index is 12.4. The maximum Gasteiger partial charge on any atom is 0.346 e. The smallest absolute Gasteiger partial charge is 0.346 e. The number of aromatic nitrogens is 3. The fourth-order valence-electron chi connectivity index (χ4n) is 3.24. The molecule has 1 unspecified atom stereocenters. The predicted octanol–water partition coefficient (Wildman–Crippen LogP) is 0.711. The Kier molecular flexibility index (Phi) is 4.21. The zero-order chi connectivity index (χ0) is 13.9. The van der Waals surface area contributed by atoms with Gasteiger partial charge in [0.25, 0.3) is 0 Å². The molecule has 0 radical (unpaired) electrons. The lowest BCUT2D eigenvalue weighted by Crippen LogP contribution is -2.30. The van der Waals surface area contributed by atoms with Crippen LogP contribution in [0.2, 0.25) is 0 Å². The van der Waals surface area contributed by atoms with Crippen molar-refractivity contribution in [3.05, 3.63) is 16.3 Å². The van der Waals surface area contributed by atoms with Crippen molar-refractivity contribution in [2.24, 2.45) is 0 Å². The summed E-state index contributed by atoms with van der Waals surface area (Å²) in [4.78, 5) is 12.4. The summed E-state index contributed by atoms with van der Waals surface area (Å²) >= 11 is 0. The topological polar surface area (TPSA) is 61.1 Å². The molecule has 6 nitrogen and oxygen atoms in total. The summed E-state index contributed by atoms with van der Waals surface area (Å²) in [5.74, 6) is 1.38. The highest BCUT2D eigenvalue weighted by atomic mass is 16.5. The Morgan fingerprint density at radius 3 is 2.80 bits per heavy atom. The average Bonchev–Trinajstić information content (AvgIpc) is 3.09. The first-order valence-electron chi connectivity index (χ1n) is 7.79. The maximum absolute atomic E-state index is 12.4. The van der Waals surface area contributed by atoms with Crippen LogP contribution in [0.3, 0.4) is 0 Å². The molecule has 0 spiro atoms. The van der Waals surface area contributed by atoms with Crippen LogP contribution in [0.5, 0.6) is 0 Å². The summed E-state index contributed by atoms with van der Waals surface area (Å²) in [5, 5.41) is 7.99. The van der Waals surface area contributed by atoms with E-state index >= 15 is 0 Å². The Bertz CT molecular complexity index is 496. The molecule has 0 aliphatic carbocycles. The largest absolute Gasteiger partial charge is 0.376 e. The lowest BCUT2D eigenvalue weighted by atomic mass is 9.97. The number of hydrogen-bond donors (Lipinski definition) is 1. The molecule has 3 heterocycles. The van der Waals surface area contributed by atoms with Crippen LogP contribution in [0.1, 0.15) is 44.3 Å². The summed E-state index contributed by atoms with van der Waals surface area (Å²) in [5.41, 5.74) is 0.0246. The SMILES string of the molecule is CCn1c(C2CCNCC2)nn(CC2CCCO2)c1=O. The first-order valence-corrected chi connectivity index (χ1v) is 7.79. The molecule has 2 aliphatic rings. The van der Waals surface area contributed by atoms with Gasteiger partial charge in [-0.15, -0.1) is 0 Å². The van der Waals surface area contributed by atoms with E-state index in [2.05, 4.69) is 10.4 Å². The summed E-state index contributed by atoms with van der Waals surface area (Å²) in [6, 6.07) is 0. The van der Waals surface area contributed by atoms with Gasteiger partial charge in [0, 0.05) is 19.1 Å². The molecule has 2 saturated heterocycles. The van der Waals surface area contributed by atoms with Crippen LogP contribution in [0.15, 0.2) is 4.79 Å². The van der Waals surface area contributed by atoms with E-state index < -0.39 is 0 Å². The highest BCUT2D eigenvalue weighted by molar-refractivity contribution is 5.00. The number of rotatable bonds is 4. The van der Waals surface area contributed by atoms with E-state index in [0.29, 0.717) is 19.0 Å². The third-order valence-corrected chi connectivity index (χ3v) is 4.37. The van der Waals surface area contributed by atoms with Gasteiger partial charge >= 0.3 is 5.69 Å². The van der Waals surface area contributed by atoms with Crippen molar-refractivity contribution in [3.63, 3.8) is 0 Å². The average molecular weight is 280 g/mol. The van der Waals surface area contributed by atoms with Crippen LogP contribution in [0.4, 0.5) is 0 Å². The summed E-state index contributed by atoms with van der Waals surface area (Å²) in [6.45, 7) is 6.16. The van der Waals surface area contributed by atoms with Crippen LogP contribution in [-0.4, -0.2) is 40.1 Å². The van der Waals surface area contributed by atoms with Gasteiger partial charge in [0.05, 0.1) is 12.6 Å². The van der Waals surface area contributed by atoms with E-state index in [4.69, 9.17) is 4.74 Å². The number of piperidine rings is 1. The monoisotopic (exact) mass is 280 g/mol. The van der Waals surface area contributed by atoms with Crippen LogP contribution < -0.4 is 11.0 Å². The molecule has 112 valence electrons. The van der Waals surface area contributed by atoms with Gasteiger partial charge in [0.2, 0.25) is 0 Å². The minimum atomic E-state index is 0.0246. The summed E-state index contributed by atoms with van der Waals surface area (Å²) in [7, 11) is 0. The third-order valence-electron chi connectivity index (χ3n) is 4.37. The van der Waals surface area contributed by atoms with Gasteiger partial charge in [0.15, 0.2) is 0 Å². The molecule has 0 amide bonds. The fourth-order valence-corrected chi connectivity index (χ4v) is 3.24. The van der Waals surface area contributed by atoms with Crippen molar-refractivity contribution in [3.8, 4) is 0 Å². The molecular weight excluding hydrogens is 256 g/mol. The number of ether oxygens (including phenoxy) is 1. The Labute approximate surface area is 119 Å². The normalized spacial score (nSPS) is 24.4. The molecular formula is C14H24N4O2. The van der Waals surface area contributed by atoms with Crippen molar-refractivity contribution >= 4 is 0 Å². The predicted molar refractivity (Wildman–Crippen MR) is 76.0 cm³/mol. The van der Waals surface area contributed by atoms with Crippen molar-refractivity contribution in [1.29, 1.82) is 0 Å². The van der Waals surface area contributed by atoms with Crippen LogP contribution in [-0.2, 0) is 17.8 Å². The first kappa shape index (κ1) is 13.8. The van der Waals surface area contributed by atoms with Gasteiger partial charge in [-0.05, 0) is 45.7 Å². The standard InChI is InChI=1S/C14H24N4O2/c1-2-17-13(11-5-7-15-8-6-11)16-18(14(17)19)10-12-4-3-9-20-12/h11-12,15H,2-10H2,1H3. The minimum absolute atomic E-state index is 0.0246. The molecule has 0 bridgehead atoms. The lowest BCUT2D eigenvalue weighted by molar-refractivity contribution is 0.0928. The van der Waals surface area contributed by atoms with E-state index in [0.717, 1.165) is 51.2 Å². The zero-order valence-electron chi connectivity index (χ0n) is 12.2. The molecule has 6 heteroatoms. The Morgan fingerprint density at radius 2 is 2.15 bits per heavy atom. The summed E-state index contributed by atoms with van der Waals surface area (Å²) in [6.07, 6.45) is 4.42. The summed E-state index contributed by atoms with van der Waals surface area (Å²) < 4.78 is 9.08. The van der Waals surface area contributed by atoms with E-state index in [1.54, 1.807) is 4.68 Å². The Morgan fingerprint density at radius 1 is 1.35 bits per heavy atom. The van der Waals surface area contributed by atoms with Crippen molar-refractivity contribution < 1.29 is 4.74 Å². The van der Waals surface area contributed by atoms with Gasteiger partial charge in [-0.1, -0.05) is 0 Å².